The maximum atomic E-state index is 13.2. The second-order valence-electron chi connectivity index (χ2n) is 6.62. The average Bonchev–Trinajstić information content (AvgIpc) is 3.34. The second kappa shape index (κ2) is 6.43. The molecule has 0 bridgehead atoms. The SMILES string of the molecule is C=CCN1CC[C@]2(CN(Cc3cccs3)C[C@H]2c2nccs2)C1=O. The van der Waals surface area contributed by atoms with Gasteiger partial charge in [0, 0.05) is 55.1 Å². The zero-order valence-electron chi connectivity index (χ0n) is 13.6. The molecule has 0 unspecified atom stereocenters. The van der Waals surface area contributed by atoms with E-state index in [1.54, 1.807) is 22.7 Å². The van der Waals surface area contributed by atoms with Gasteiger partial charge in [-0.2, -0.15) is 0 Å². The molecule has 2 aromatic rings. The molecule has 0 saturated carbocycles. The second-order valence-corrected chi connectivity index (χ2v) is 8.58. The highest BCUT2D eigenvalue weighted by atomic mass is 32.1. The zero-order valence-corrected chi connectivity index (χ0v) is 15.2. The summed E-state index contributed by atoms with van der Waals surface area (Å²) >= 11 is 3.47. The Kier molecular flexibility index (Phi) is 4.28. The quantitative estimate of drug-likeness (QED) is 0.769. The normalized spacial score (nSPS) is 27.4. The van der Waals surface area contributed by atoms with Crippen molar-refractivity contribution < 1.29 is 4.79 Å². The standard InChI is InChI=1S/C18H21N3OS2/c1-2-7-21-8-5-18(17(21)22)13-20(11-14-4-3-9-23-14)12-15(18)16-19-6-10-24-16/h2-4,6,9-10,15H,1,5,7-8,11-13H2/t15-,18+/m0/s1. The first kappa shape index (κ1) is 16.0. The van der Waals surface area contributed by atoms with Crippen LogP contribution in [0.25, 0.3) is 0 Å². The van der Waals surface area contributed by atoms with Crippen LogP contribution in [-0.2, 0) is 11.3 Å². The molecule has 4 nitrogen and oxygen atoms in total. The van der Waals surface area contributed by atoms with Crippen molar-refractivity contribution in [3.63, 3.8) is 0 Å². The minimum absolute atomic E-state index is 0.208. The van der Waals surface area contributed by atoms with Gasteiger partial charge in [0.15, 0.2) is 0 Å². The Balaban J connectivity index is 1.62. The molecule has 2 atom stereocenters. The van der Waals surface area contributed by atoms with Gasteiger partial charge in [-0.25, -0.2) is 4.98 Å². The van der Waals surface area contributed by atoms with Gasteiger partial charge in [0.05, 0.1) is 10.4 Å². The van der Waals surface area contributed by atoms with Crippen LogP contribution < -0.4 is 0 Å². The summed E-state index contributed by atoms with van der Waals surface area (Å²) in [5.41, 5.74) is -0.307. The molecule has 6 heteroatoms. The predicted molar refractivity (Wildman–Crippen MR) is 98.3 cm³/mol. The first-order valence-corrected chi connectivity index (χ1v) is 10.0. The molecule has 24 heavy (non-hydrogen) atoms. The van der Waals surface area contributed by atoms with Crippen molar-refractivity contribution >= 4 is 28.6 Å². The number of rotatable bonds is 5. The summed E-state index contributed by atoms with van der Waals surface area (Å²) in [6.07, 6.45) is 4.61. The van der Waals surface area contributed by atoms with Crippen LogP contribution in [0.5, 0.6) is 0 Å². The molecule has 0 aliphatic carbocycles. The summed E-state index contributed by atoms with van der Waals surface area (Å²) < 4.78 is 0. The van der Waals surface area contributed by atoms with Crippen LogP contribution in [0, 0.1) is 5.41 Å². The fourth-order valence-corrected chi connectivity index (χ4v) is 5.72. The number of carbonyl (C=O) groups is 1. The van der Waals surface area contributed by atoms with E-state index in [0.717, 1.165) is 37.6 Å². The van der Waals surface area contributed by atoms with E-state index in [-0.39, 0.29) is 17.2 Å². The van der Waals surface area contributed by atoms with Gasteiger partial charge >= 0.3 is 0 Å². The molecule has 2 aliphatic rings. The number of likely N-dealkylation sites (tertiary alicyclic amines) is 2. The first-order valence-electron chi connectivity index (χ1n) is 8.27. The van der Waals surface area contributed by atoms with Crippen LogP contribution in [0.3, 0.4) is 0 Å². The van der Waals surface area contributed by atoms with Crippen LogP contribution in [0.1, 0.15) is 22.2 Å². The van der Waals surface area contributed by atoms with Gasteiger partial charge in [-0.15, -0.1) is 29.3 Å². The van der Waals surface area contributed by atoms with E-state index < -0.39 is 0 Å². The smallest absolute Gasteiger partial charge is 0.231 e. The van der Waals surface area contributed by atoms with E-state index in [0.29, 0.717) is 6.54 Å². The Bertz CT molecular complexity index is 713. The van der Waals surface area contributed by atoms with Crippen LogP contribution in [0.2, 0.25) is 0 Å². The molecule has 0 N–H and O–H groups in total. The summed E-state index contributed by atoms with van der Waals surface area (Å²) in [5.74, 6) is 0.496. The van der Waals surface area contributed by atoms with E-state index in [1.807, 2.05) is 22.6 Å². The molecular formula is C18H21N3OS2. The van der Waals surface area contributed by atoms with Crippen molar-refractivity contribution in [1.29, 1.82) is 0 Å². The van der Waals surface area contributed by atoms with E-state index in [4.69, 9.17) is 0 Å². The van der Waals surface area contributed by atoms with Crippen LogP contribution in [0.4, 0.5) is 0 Å². The van der Waals surface area contributed by atoms with Crippen molar-refractivity contribution in [2.24, 2.45) is 5.41 Å². The van der Waals surface area contributed by atoms with Crippen molar-refractivity contribution in [3.8, 4) is 0 Å². The lowest BCUT2D eigenvalue weighted by atomic mass is 9.77. The maximum absolute atomic E-state index is 13.2. The summed E-state index contributed by atoms with van der Waals surface area (Å²) in [6, 6.07) is 4.27. The van der Waals surface area contributed by atoms with Gasteiger partial charge in [0.2, 0.25) is 5.91 Å². The number of nitrogens with zero attached hydrogens (tertiary/aromatic N) is 3. The summed E-state index contributed by atoms with van der Waals surface area (Å²) in [5, 5.41) is 5.25. The Morgan fingerprint density at radius 1 is 1.42 bits per heavy atom. The average molecular weight is 360 g/mol. The third-order valence-electron chi connectivity index (χ3n) is 5.21. The predicted octanol–water partition coefficient (Wildman–Crippen LogP) is 3.21. The molecule has 2 fully saturated rings. The van der Waals surface area contributed by atoms with Gasteiger partial charge in [-0.3, -0.25) is 9.69 Å². The molecule has 4 heterocycles. The van der Waals surface area contributed by atoms with E-state index in [1.165, 1.54) is 4.88 Å². The Labute approximate surface area is 150 Å². The van der Waals surface area contributed by atoms with Crippen LogP contribution >= 0.6 is 22.7 Å². The zero-order chi connectivity index (χ0) is 16.6. The number of hydrogen-bond donors (Lipinski definition) is 0. The fraction of sp³-hybridized carbons (Fsp3) is 0.444. The lowest BCUT2D eigenvalue weighted by molar-refractivity contribution is -0.135. The maximum Gasteiger partial charge on any atom is 0.231 e. The fourth-order valence-electron chi connectivity index (χ4n) is 4.13. The molecular weight excluding hydrogens is 338 g/mol. The van der Waals surface area contributed by atoms with Gasteiger partial charge in [-0.1, -0.05) is 12.1 Å². The van der Waals surface area contributed by atoms with Crippen LogP contribution in [-0.4, -0.2) is 46.9 Å². The molecule has 1 spiro atoms. The highest BCUT2D eigenvalue weighted by molar-refractivity contribution is 7.10. The molecule has 0 aromatic carbocycles. The largest absolute Gasteiger partial charge is 0.338 e. The summed E-state index contributed by atoms with van der Waals surface area (Å²) in [4.78, 5) is 23.5. The van der Waals surface area contributed by atoms with Crippen molar-refractivity contribution in [1.82, 2.24) is 14.8 Å². The lowest BCUT2D eigenvalue weighted by Crippen LogP contribution is -2.39. The number of hydrogen-bond acceptors (Lipinski definition) is 5. The Hall–Kier alpha value is -1.50. The summed E-state index contributed by atoms with van der Waals surface area (Å²) in [7, 11) is 0. The highest BCUT2D eigenvalue weighted by Gasteiger charge is 2.57. The monoisotopic (exact) mass is 359 g/mol. The van der Waals surface area contributed by atoms with Crippen molar-refractivity contribution in [2.75, 3.05) is 26.2 Å². The van der Waals surface area contributed by atoms with E-state index in [9.17, 15) is 4.79 Å². The van der Waals surface area contributed by atoms with E-state index >= 15 is 0 Å². The number of aromatic nitrogens is 1. The van der Waals surface area contributed by atoms with E-state index in [2.05, 4.69) is 34.0 Å². The minimum Gasteiger partial charge on any atom is -0.338 e. The molecule has 2 aromatic heterocycles. The molecule has 1 amide bonds. The van der Waals surface area contributed by atoms with Crippen molar-refractivity contribution in [2.45, 2.75) is 18.9 Å². The molecule has 2 aliphatic heterocycles. The highest BCUT2D eigenvalue weighted by Crippen LogP contribution is 2.50. The van der Waals surface area contributed by atoms with Gasteiger partial charge in [-0.05, 0) is 17.9 Å². The molecule has 0 radical (unpaired) electrons. The molecule has 126 valence electrons. The molecule has 2 saturated heterocycles. The van der Waals surface area contributed by atoms with Crippen molar-refractivity contribution in [3.05, 3.63) is 51.6 Å². The topological polar surface area (TPSA) is 36.4 Å². The third-order valence-corrected chi connectivity index (χ3v) is 6.96. The Morgan fingerprint density at radius 3 is 3.04 bits per heavy atom. The minimum atomic E-state index is -0.307. The van der Waals surface area contributed by atoms with Crippen LogP contribution in [0.15, 0.2) is 41.7 Å². The Morgan fingerprint density at radius 2 is 2.33 bits per heavy atom. The number of thiazole rings is 1. The first-order chi connectivity index (χ1) is 11.7. The third kappa shape index (κ3) is 2.62. The number of amides is 1. The number of thiophene rings is 1. The van der Waals surface area contributed by atoms with Gasteiger partial charge in [0.25, 0.3) is 0 Å². The lowest BCUT2D eigenvalue weighted by Gasteiger charge is -2.27. The number of carbonyl (C=O) groups excluding carboxylic acids is 1. The van der Waals surface area contributed by atoms with Gasteiger partial charge < -0.3 is 4.90 Å². The van der Waals surface area contributed by atoms with Gasteiger partial charge in [0.1, 0.15) is 0 Å². The molecule has 4 rings (SSSR count). The summed E-state index contributed by atoms with van der Waals surface area (Å²) in [6.45, 7) is 7.95.